The Morgan fingerprint density at radius 2 is 2.00 bits per heavy atom. The number of para-hydroxylation sites is 1. The van der Waals surface area contributed by atoms with Crippen molar-refractivity contribution in [3.8, 4) is 0 Å². The Hall–Kier alpha value is -0.830. The molecule has 15 heavy (non-hydrogen) atoms. The second-order valence-electron chi connectivity index (χ2n) is 3.15. The number of ether oxygens (including phenoxy) is 1. The fourth-order valence-electron chi connectivity index (χ4n) is 1.12. The van der Waals surface area contributed by atoms with E-state index in [1.807, 2.05) is 18.2 Å². The summed E-state index contributed by atoms with van der Waals surface area (Å²) in [7, 11) is -1.82. The van der Waals surface area contributed by atoms with Gasteiger partial charge >= 0.3 is 7.52 Å². The van der Waals surface area contributed by atoms with Gasteiger partial charge in [0.25, 0.3) is 0 Å². The lowest BCUT2D eigenvalue weighted by Gasteiger charge is -2.24. The van der Waals surface area contributed by atoms with Gasteiger partial charge < -0.3 is 14.3 Å². The molecule has 1 aromatic rings. The summed E-state index contributed by atoms with van der Waals surface area (Å²) in [5.41, 5.74) is 0.711. The molecule has 0 heterocycles. The predicted octanol–water partition coefficient (Wildman–Crippen LogP) is 2.30. The highest BCUT2D eigenvalue weighted by atomic mass is 31.2. The molecule has 4 nitrogen and oxygen atoms in total. The highest BCUT2D eigenvalue weighted by Gasteiger charge is 2.24. The second kappa shape index (κ2) is 5.31. The third kappa shape index (κ3) is 3.34. The topological polar surface area (TPSA) is 49.8 Å². The average Bonchev–Trinajstić information content (AvgIpc) is 2.26. The van der Waals surface area contributed by atoms with Gasteiger partial charge in [-0.2, -0.15) is 0 Å². The Bertz CT molecular complexity index is 342. The van der Waals surface area contributed by atoms with Crippen LogP contribution in [0.4, 0.5) is 5.69 Å². The Balaban J connectivity index is 2.75. The Labute approximate surface area is 90.0 Å². The van der Waals surface area contributed by atoms with Gasteiger partial charge in [0.05, 0.1) is 0 Å². The van der Waals surface area contributed by atoms with Crippen LogP contribution in [0.15, 0.2) is 30.3 Å². The van der Waals surface area contributed by atoms with Crippen LogP contribution >= 0.6 is 7.52 Å². The highest BCUT2D eigenvalue weighted by Crippen LogP contribution is 2.46. The molecular formula is C10H16NO3P. The van der Waals surface area contributed by atoms with E-state index in [4.69, 9.17) is 4.74 Å². The van der Waals surface area contributed by atoms with E-state index in [1.54, 1.807) is 26.1 Å². The molecule has 5 heteroatoms. The molecule has 0 aliphatic carbocycles. The lowest BCUT2D eigenvalue weighted by Crippen LogP contribution is -2.16. The molecule has 0 saturated carbocycles. The van der Waals surface area contributed by atoms with Crippen LogP contribution in [0.5, 0.6) is 0 Å². The molecule has 0 aromatic heterocycles. The summed E-state index contributed by atoms with van der Waals surface area (Å²) >= 11 is 0. The maximum absolute atomic E-state index is 11.8. The van der Waals surface area contributed by atoms with Crippen LogP contribution in [-0.2, 0) is 9.30 Å². The fourth-order valence-corrected chi connectivity index (χ4v) is 2.21. The summed E-state index contributed by atoms with van der Waals surface area (Å²) in [6, 6.07) is 9.09. The zero-order chi connectivity index (χ0) is 11.3. The molecule has 0 aliphatic rings. The van der Waals surface area contributed by atoms with Crippen LogP contribution in [0.25, 0.3) is 0 Å². The van der Waals surface area contributed by atoms with Crippen molar-refractivity contribution in [1.82, 2.24) is 0 Å². The van der Waals surface area contributed by atoms with Crippen molar-refractivity contribution in [1.29, 1.82) is 0 Å². The van der Waals surface area contributed by atoms with Crippen molar-refractivity contribution >= 4 is 13.2 Å². The van der Waals surface area contributed by atoms with Gasteiger partial charge in [-0.25, -0.2) is 0 Å². The molecular weight excluding hydrogens is 213 g/mol. The van der Waals surface area contributed by atoms with Crippen molar-refractivity contribution in [2.75, 3.05) is 24.7 Å². The lowest BCUT2D eigenvalue weighted by molar-refractivity contribution is 0.183. The molecule has 0 aliphatic heterocycles. The van der Waals surface area contributed by atoms with E-state index in [9.17, 15) is 9.46 Å². The highest BCUT2D eigenvalue weighted by molar-refractivity contribution is 7.59. The maximum atomic E-state index is 11.8. The predicted molar refractivity (Wildman–Crippen MR) is 61.2 cm³/mol. The molecule has 84 valence electrons. The van der Waals surface area contributed by atoms with Gasteiger partial charge in [-0.1, -0.05) is 18.2 Å². The first-order valence-electron chi connectivity index (χ1n) is 4.76. The normalized spacial score (nSPS) is 14.6. The van der Waals surface area contributed by atoms with Crippen LogP contribution in [0.1, 0.15) is 6.92 Å². The van der Waals surface area contributed by atoms with Crippen molar-refractivity contribution in [3.63, 3.8) is 0 Å². The summed E-state index contributed by atoms with van der Waals surface area (Å²) in [4.78, 5) is 9.72. The molecule has 0 radical (unpaired) electrons. The Morgan fingerprint density at radius 1 is 1.40 bits per heavy atom. The molecule has 0 fully saturated rings. The van der Waals surface area contributed by atoms with E-state index >= 15 is 0 Å². The summed E-state index contributed by atoms with van der Waals surface area (Å²) in [6.45, 7) is 2.23. The number of hydrogen-bond acceptors (Lipinski definition) is 2. The quantitative estimate of drug-likeness (QED) is 0.787. The molecule has 0 amide bonds. The SMILES string of the molecule is CCOCP(=O)(O)N(C)c1ccccc1. The molecule has 1 unspecified atom stereocenters. The largest absolute Gasteiger partial charge is 0.370 e. The van der Waals surface area contributed by atoms with E-state index in [0.717, 1.165) is 0 Å². The minimum Gasteiger partial charge on any atom is -0.370 e. The molecule has 0 saturated heterocycles. The summed E-state index contributed by atoms with van der Waals surface area (Å²) in [6.07, 6.45) is -0.144. The first kappa shape index (κ1) is 12.2. The van der Waals surface area contributed by atoms with E-state index in [-0.39, 0.29) is 6.35 Å². The van der Waals surface area contributed by atoms with Crippen molar-refractivity contribution in [3.05, 3.63) is 30.3 Å². The third-order valence-electron chi connectivity index (χ3n) is 2.06. The minimum atomic E-state index is -3.41. The van der Waals surface area contributed by atoms with Crippen molar-refractivity contribution < 1.29 is 14.2 Å². The monoisotopic (exact) mass is 229 g/mol. The zero-order valence-electron chi connectivity index (χ0n) is 8.96. The zero-order valence-corrected chi connectivity index (χ0v) is 9.85. The minimum absolute atomic E-state index is 0.144. The van der Waals surface area contributed by atoms with Gasteiger partial charge in [0.1, 0.15) is 6.35 Å². The Kier molecular flexibility index (Phi) is 4.33. The van der Waals surface area contributed by atoms with E-state index in [1.165, 1.54) is 4.67 Å². The van der Waals surface area contributed by atoms with Gasteiger partial charge in [0.15, 0.2) is 0 Å². The molecule has 1 rings (SSSR count). The molecule has 1 N–H and O–H groups in total. The van der Waals surface area contributed by atoms with Gasteiger partial charge in [-0.15, -0.1) is 0 Å². The number of anilines is 1. The third-order valence-corrected chi connectivity index (χ3v) is 3.75. The summed E-state index contributed by atoms with van der Waals surface area (Å²) in [5.74, 6) is 0. The first-order valence-corrected chi connectivity index (χ1v) is 6.56. The number of rotatable bonds is 5. The molecule has 1 atom stereocenters. The van der Waals surface area contributed by atoms with Gasteiger partial charge in [-0.05, 0) is 19.1 Å². The molecule has 1 aromatic carbocycles. The van der Waals surface area contributed by atoms with Crippen molar-refractivity contribution in [2.45, 2.75) is 6.92 Å². The van der Waals surface area contributed by atoms with E-state index in [2.05, 4.69) is 0 Å². The second-order valence-corrected chi connectivity index (χ2v) is 5.33. The van der Waals surface area contributed by atoms with Crippen LogP contribution in [0, 0.1) is 0 Å². The summed E-state index contributed by atoms with van der Waals surface area (Å²) in [5, 5.41) is 0. The van der Waals surface area contributed by atoms with E-state index < -0.39 is 7.52 Å². The smallest absolute Gasteiger partial charge is 0.318 e. The van der Waals surface area contributed by atoms with Crippen LogP contribution in [0.2, 0.25) is 0 Å². The fraction of sp³-hybridized carbons (Fsp3) is 0.400. The van der Waals surface area contributed by atoms with Gasteiger partial charge in [0, 0.05) is 19.3 Å². The van der Waals surface area contributed by atoms with Crippen molar-refractivity contribution in [2.24, 2.45) is 0 Å². The Morgan fingerprint density at radius 3 is 2.53 bits per heavy atom. The standard InChI is InChI=1S/C10H16NO3P/c1-3-14-9-15(12,13)11(2)10-7-5-4-6-8-10/h4-8H,3,9H2,1-2H3,(H,12,13). The molecule has 0 spiro atoms. The number of hydrogen-bond donors (Lipinski definition) is 1. The van der Waals surface area contributed by atoms with Crippen LogP contribution in [0.3, 0.4) is 0 Å². The van der Waals surface area contributed by atoms with Crippen LogP contribution in [-0.4, -0.2) is 24.9 Å². The van der Waals surface area contributed by atoms with Gasteiger partial charge in [0.2, 0.25) is 0 Å². The average molecular weight is 229 g/mol. The van der Waals surface area contributed by atoms with Crippen LogP contribution < -0.4 is 4.67 Å². The van der Waals surface area contributed by atoms with E-state index in [0.29, 0.717) is 12.3 Å². The summed E-state index contributed by atoms with van der Waals surface area (Å²) < 4.78 is 18.2. The van der Waals surface area contributed by atoms with Gasteiger partial charge in [-0.3, -0.25) is 4.57 Å². The molecule has 0 bridgehead atoms. The first-order chi connectivity index (χ1) is 7.08. The number of nitrogens with zero attached hydrogens (tertiary/aromatic N) is 1. The maximum Gasteiger partial charge on any atom is 0.318 e. The lowest BCUT2D eigenvalue weighted by atomic mass is 10.3. The number of benzene rings is 1.